The number of nitrogens with zero attached hydrogens (tertiary/aromatic N) is 1. The minimum atomic E-state index is -0.215. The van der Waals surface area contributed by atoms with Crippen LogP contribution in [0.3, 0.4) is 0 Å². The maximum absolute atomic E-state index is 12.6. The predicted octanol–water partition coefficient (Wildman–Crippen LogP) is 4.51. The maximum atomic E-state index is 12.6. The molecule has 0 saturated heterocycles. The smallest absolute Gasteiger partial charge is 0.256 e. The molecule has 0 unspecified atom stereocenters. The fourth-order valence-electron chi connectivity index (χ4n) is 2.82. The average molecular weight is 390 g/mol. The Balaban J connectivity index is 0.00000364. The highest BCUT2D eigenvalue weighted by Gasteiger charge is 2.15. The first kappa shape index (κ1) is 22.5. The Bertz CT molecular complexity index is 769. The minimum Gasteiger partial charge on any atom is -0.399 e. The van der Waals surface area contributed by atoms with Gasteiger partial charge < -0.3 is 16.0 Å². The second-order valence-corrected chi connectivity index (χ2v) is 6.40. The number of carbonyl (C=O) groups excluding carboxylic acids is 2. The number of benzene rings is 2. The molecule has 2 amide bonds. The molecule has 0 aliphatic rings. The lowest BCUT2D eigenvalue weighted by Gasteiger charge is -2.21. The van der Waals surface area contributed by atoms with Gasteiger partial charge in [0.05, 0.1) is 0 Å². The van der Waals surface area contributed by atoms with Gasteiger partial charge in [0.2, 0.25) is 0 Å². The molecule has 0 saturated carbocycles. The third-order valence-electron chi connectivity index (χ3n) is 4.17. The summed E-state index contributed by atoms with van der Waals surface area (Å²) in [5.74, 6) is -0.189. The van der Waals surface area contributed by atoms with Gasteiger partial charge in [0.25, 0.3) is 11.8 Å². The molecular formula is C21H28ClN3O2. The molecule has 0 aromatic heterocycles. The SMILES string of the molecule is CCCN(CCC)C(=O)c1ccc(NC(=O)c2cc(N)ccc2C)cc1.Cl. The molecule has 0 spiro atoms. The Kier molecular flexibility index (Phi) is 8.82. The van der Waals surface area contributed by atoms with Crippen LogP contribution in [-0.2, 0) is 0 Å². The Morgan fingerprint density at radius 1 is 1.00 bits per heavy atom. The molecule has 27 heavy (non-hydrogen) atoms. The summed E-state index contributed by atoms with van der Waals surface area (Å²) >= 11 is 0. The van der Waals surface area contributed by atoms with Gasteiger partial charge in [-0.05, 0) is 61.7 Å². The summed E-state index contributed by atoms with van der Waals surface area (Å²) in [6.07, 6.45) is 1.86. The molecule has 0 fully saturated rings. The van der Waals surface area contributed by atoms with Crippen LogP contribution in [0.4, 0.5) is 11.4 Å². The van der Waals surface area contributed by atoms with Gasteiger partial charge >= 0.3 is 0 Å². The standard InChI is InChI=1S/C21H27N3O2.ClH/c1-4-12-24(13-5-2)21(26)16-7-10-18(11-8-16)23-20(25)19-14-17(22)9-6-15(19)3;/h6-11,14H,4-5,12-13,22H2,1-3H3,(H,23,25);1H. The molecule has 2 rings (SSSR count). The minimum absolute atomic E-state index is 0. The van der Waals surface area contributed by atoms with Crippen LogP contribution in [0.2, 0.25) is 0 Å². The fourth-order valence-corrected chi connectivity index (χ4v) is 2.82. The van der Waals surface area contributed by atoms with Crippen molar-refractivity contribution in [2.45, 2.75) is 33.6 Å². The number of amides is 2. The Morgan fingerprint density at radius 3 is 2.15 bits per heavy atom. The molecule has 0 atom stereocenters. The third-order valence-corrected chi connectivity index (χ3v) is 4.17. The first-order chi connectivity index (χ1) is 12.5. The molecule has 6 heteroatoms. The molecular weight excluding hydrogens is 362 g/mol. The Labute approximate surface area is 167 Å². The van der Waals surface area contributed by atoms with E-state index in [1.54, 1.807) is 36.4 Å². The molecule has 0 aliphatic heterocycles. The van der Waals surface area contributed by atoms with E-state index < -0.39 is 0 Å². The van der Waals surface area contributed by atoms with Crippen LogP contribution in [0, 0.1) is 6.92 Å². The summed E-state index contributed by atoms with van der Waals surface area (Å²) in [5.41, 5.74) is 8.99. The van der Waals surface area contributed by atoms with Crippen molar-refractivity contribution >= 4 is 35.6 Å². The summed E-state index contributed by atoms with van der Waals surface area (Å²) in [6, 6.07) is 12.3. The largest absolute Gasteiger partial charge is 0.399 e. The van der Waals surface area contributed by atoms with Gasteiger partial charge in [-0.15, -0.1) is 12.4 Å². The number of aryl methyl sites for hydroxylation is 1. The quantitative estimate of drug-likeness (QED) is 0.684. The number of halogens is 1. The van der Waals surface area contributed by atoms with Crippen molar-refractivity contribution in [1.29, 1.82) is 0 Å². The zero-order valence-corrected chi connectivity index (χ0v) is 16.9. The average Bonchev–Trinajstić information content (AvgIpc) is 2.63. The number of nitrogen functional groups attached to an aromatic ring is 1. The lowest BCUT2D eigenvalue weighted by Crippen LogP contribution is -2.32. The number of nitrogens with one attached hydrogen (secondary N) is 1. The summed E-state index contributed by atoms with van der Waals surface area (Å²) in [5, 5.41) is 2.85. The molecule has 2 aromatic carbocycles. The molecule has 146 valence electrons. The van der Waals surface area contributed by atoms with E-state index in [2.05, 4.69) is 19.2 Å². The fraction of sp³-hybridized carbons (Fsp3) is 0.333. The summed E-state index contributed by atoms with van der Waals surface area (Å²) in [4.78, 5) is 26.9. The van der Waals surface area contributed by atoms with Crippen molar-refractivity contribution in [1.82, 2.24) is 4.90 Å². The van der Waals surface area contributed by atoms with Crippen LogP contribution < -0.4 is 11.1 Å². The maximum Gasteiger partial charge on any atom is 0.256 e. The van der Waals surface area contributed by atoms with E-state index in [9.17, 15) is 9.59 Å². The topological polar surface area (TPSA) is 75.4 Å². The van der Waals surface area contributed by atoms with E-state index in [1.165, 1.54) is 0 Å². The first-order valence-corrected chi connectivity index (χ1v) is 9.03. The third kappa shape index (κ3) is 6.00. The van der Waals surface area contributed by atoms with Gasteiger partial charge in [0.15, 0.2) is 0 Å². The predicted molar refractivity (Wildman–Crippen MR) is 114 cm³/mol. The zero-order chi connectivity index (χ0) is 19.1. The Hall–Kier alpha value is -2.53. The van der Waals surface area contributed by atoms with Gasteiger partial charge in [0.1, 0.15) is 0 Å². The van der Waals surface area contributed by atoms with Crippen LogP contribution in [0.1, 0.15) is 53.0 Å². The van der Waals surface area contributed by atoms with E-state index in [0.29, 0.717) is 22.5 Å². The van der Waals surface area contributed by atoms with E-state index in [4.69, 9.17) is 5.73 Å². The van der Waals surface area contributed by atoms with Crippen LogP contribution in [0.25, 0.3) is 0 Å². The van der Waals surface area contributed by atoms with Gasteiger partial charge in [-0.1, -0.05) is 19.9 Å². The van der Waals surface area contributed by atoms with E-state index in [-0.39, 0.29) is 24.2 Å². The number of hydrogen-bond acceptors (Lipinski definition) is 3. The molecule has 0 radical (unpaired) electrons. The van der Waals surface area contributed by atoms with Crippen LogP contribution in [0.15, 0.2) is 42.5 Å². The molecule has 2 aromatic rings. The Morgan fingerprint density at radius 2 is 1.59 bits per heavy atom. The van der Waals surface area contributed by atoms with Crippen molar-refractivity contribution in [2.75, 3.05) is 24.1 Å². The van der Waals surface area contributed by atoms with Crippen molar-refractivity contribution < 1.29 is 9.59 Å². The molecule has 0 bridgehead atoms. The number of hydrogen-bond donors (Lipinski definition) is 2. The second kappa shape index (κ2) is 10.6. The van der Waals surface area contributed by atoms with E-state index in [1.807, 2.05) is 17.9 Å². The zero-order valence-electron chi connectivity index (χ0n) is 16.1. The highest BCUT2D eigenvalue weighted by molar-refractivity contribution is 6.06. The van der Waals surface area contributed by atoms with Crippen molar-refractivity contribution in [2.24, 2.45) is 0 Å². The lowest BCUT2D eigenvalue weighted by atomic mass is 10.1. The van der Waals surface area contributed by atoms with Crippen molar-refractivity contribution in [3.63, 3.8) is 0 Å². The van der Waals surface area contributed by atoms with Gasteiger partial charge in [-0.2, -0.15) is 0 Å². The van der Waals surface area contributed by atoms with Crippen molar-refractivity contribution in [3.8, 4) is 0 Å². The molecule has 0 heterocycles. The summed E-state index contributed by atoms with van der Waals surface area (Å²) < 4.78 is 0. The molecule has 0 aliphatic carbocycles. The number of anilines is 2. The van der Waals surface area contributed by atoms with Gasteiger partial charge in [-0.25, -0.2) is 0 Å². The van der Waals surface area contributed by atoms with Gasteiger partial charge in [0, 0.05) is 35.6 Å². The number of rotatable bonds is 7. The second-order valence-electron chi connectivity index (χ2n) is 6.40. The normalized spacial score (nSPS) is 10.0. The highest BCUT2D eigenvalue weighted by atomic mass is 35.5. The van der Waals surface area contributed by atoms with Crippen LogP contribution in [-0.4, -0.2) is 29.8 Å². The summed E-state index contributed by atoms with van der Waals surface area (Å²) in [7, 11) is 0. The molecule has 3 N–H and O–H groups in total. The van der Waals surface area contributed by atoms with E-state index >= 15 is 0 Å². The van der Waals surface area contributed by atoms with Gasteiger partial charge in [-0.3, -0.25) is 9.59 Å². The monoisotopic (exact) mass is 389 g/mol. The van der Waals surface area contributed by atoms with E-state index in [0.717, 1.165) is 31.5 Å². The lowest BCUT2D eigenvalue weighted by molar-refractivity contribution is 0.0755. The number of nitrogens with two attached hydrogens (primary N) is 1. The number of carbonyl (C=O) groups is 2. The highest BCUT2D eigenvalue weighted by Crippen LogP contribution is 2.17. The van der Waals surface area contributed by atoms with Crippen LogP contribution >= 0.6 is 12.4 Å². The summed E-state index contributed by atoms with van der Waals surface area (Å²) in [6.45, 7) is 7.49. The molecule has 5 nitrogen and oxygen atoms in total. The van der Waals surface area contributed by atoms with Crippen LogP contribution in [0.5, 0.6) is 0 Å². The van der Waals surface area contributed by atoms with Crippen molar-refractivity contribution in [3.05, 3.63) is 59.2 Å². The first-order valence-electron chi connectivity index (χ1n) is 9.03.